The van der Waals surface area contributed by atoms with E-state index in [0.29, 0.717) is 22.4 Å². The normalized spacial score (nSPS) is 14.1. The molecule has 0 bridgehead atoms. The SMILES string of the molecule is Cc1cc(C(=O)Nc2cccc(Cl)c2C)nc(N2CCCC2)n1. The molecule has 0 unspecified atom stereocenters. The number of carbonyl (C=O) groups excluding carboxylic acids is 1. The Morgan fingerprint density at radius 2 is 1.96 bits per heavy atom. The summed E-state index contributed by atoms with van der Waals surface area (Å²) in [6, 6.07) is 7.14. The molecule has 1 amide bonds. The average molecular weight is 331 g/mol. The van der Waals surface area contributed by atoms with Gasteiger partial charge < -0.3 is 10.2 Å². The van der Waals surface area contributed by atoms with Gasteiger partial charge in [0.1, 0.15) is 5.69 Å². The van der Waals surface area contributed by atoms with Gasteiger partial charge in [0.05, 0.1) is 0 Å². The molecular formula is C17H19ClN4O. The van der Waals surface area contributed by atoms with Crippen molar-refractivity contribution in [1.82, 2.24) is 9.97 Å². The molecule has 0 atom stereocenters. The Labute approximate surface area is 140 Å². The minimum absolute atomic E-state index is 0.249. The van der Waals surface area contributed by atoms with Crippen molar-refractivity contribution in [2.75, 3.05) is 23.3 Å². The summed E-state index contributed by atoms with van der Waals surface area (Å²) in [6.45, 7) is 5.64. The number of benzene rings is 1. The lowest BCUT2D eigenvalue weighted by Gasteiger charge is -2.16. The number of aromatic nitrogens is 2. The van der Waals surface area contributed by atoms with Gasteiger partial charge in [-0.3, -0.25) is 4.79 Å². The summed E-state index contributed by atoms with van der Waals surface area (Å²) >= 11 is 6.10. The third kappa shape index (κ3) is 3.45. The molecule has 1 N–H and O–H groups in total. The van der Waals surface area contributed by atoms with Crippen molar-refractivity contribution in [1.29, 1.82) is 0 Å². The largest absolute Gasteiger partial charge is 0.341 e. The zero-order valence-corrected chi connectivity index (χ0v) is 14.0. The number of anilines is 2. The highest BCUT2D eigenvalue weighted by Crippen LogP contribution is 2.23. The highest BCUT2D eigenvalue weighted by molar-refractivity contribution is 6.31. The third-order valence-electron chi connectivity index (χ3n) is 3.98. The highest BCUT2D eigenvalue weighted by atomic mass is 35.5. The smallest absolute Gasteiger partial charge is 0.274 e. The molecule has 1 aromatic heterocycles. The van der Waals surface area contributed by atoms with E-state index in [2.05, 4.69) is 20.2 Å². The quantitative estimate of drug-likeness (QED) is 0.934. The van der Waals surface area contributed by atoms with Gasteiger partial charge in [0.25, 0.3) is 5.91 Å². The molecule has 5 nitrogen and oxygen atoms in total. The number of hydrogen-bond donors (Lipinski definition) is 1. The van der Waals surface area contributed by atoms with Gasteiger partial charge >= 0.3 is 0 Å². The monoisotopic (exact) mass is 330 g/mol. The molecule has 1 saturated heterocycles. The lowest BCUT2D eigenvalue weighted by Crippen LogP contribution is -2.23. The molecule has 3 rings (SSSR count). The van der Waals surface area contributed by atoms with Crippen LogP contribution in [-0.2, 0) is 0 Å². The van der Waals surface area contributed by atoms with Gasteiger partial charge in [0.2, 0.25) is 5.95 Å². The maximum atomic E-state index is 12.5. The van der Waals surface area contributed by atoms with E-state index in [-0.39, 0.29) is 5.91 Å². The van der Waals surface area contributed by atoms with Crippen LogP contribution in [0.1, 0.15) is 34.6 Å². The van der Waals surface area contributed by atoms with Gasteiger partial charge in [0.15, 0.2) is 0 Å². The molecule has 23 heavy (non-hydrogen) atoms. The second-order valence-corrected chi connectivity index (χ2v) is 6.16. The third-order valence-corrected chi connectivity index (χ3v) is 4.39. The molecular weight excluding hydrogens is 312 g/mol. The minimum atomic E-state index is -0.249. The molecule has 2 heterocycles. The first-order valence-electron chi connectivity index (χ1n) is 7.71. The minimum Gasteiger partial charge on any atom is -0.341 e. The van der Waals surface area contributed by atoms with Crippen LogP contribution in [0.3, 0.4) is 0 Å². The fraction of sp³-hybridized carbons (Fsp3) is 0.353. The summed E-state index contributed by atoms with van der Waals surface area (Å²) in [6.07, 6.45) is 2.28. The summed E-state index contributed by atoms with van der Waals surface area (Å²) in [7, 11) is 0. The predicted octanol–water partition coefficient (Wildman–Crippen LogP) is 3.60. The second kappa shape index (κ2) is 6.54. The Kier molecular flexibility index (Phi) is 4.48. The topological polar surface area (TPSA) is 58.1 Å². The molecule has 0 saturated carbocycles. The van der Waals surface area contributed by atoms with Crippen molar-refractivity contribution in [3.8, 4) is 0 Å². The summed E-state index contributed by atoms with van der Waals surface area (Å²) in [4.78, 5) is 23.5. The van der Waals surface area contributed by atoms with E-state index < -0.39 is 0 Å². The van der Waals surface area contributed by atoms with Gasteiger partial charge in [-0.25, -0.2) is 9.97 Å². The number of rotatable bonds is 3. The van der Waals surface area contributed by atoms with Crippen LogP contribution in [0.4, 0.5) is 11.6 Å². The first kappa shape index (κ1) is 15.7. The summed E-state index contributed by atoms with van der Waals surface area (Å²) in [5.41, 5.74) is 2.70. The number of nitrogens with one attached hydrogen (secondary N) is 1. The number of carbonyl (C=O) groups is 1. The predicted molar refractivity (Wildman–Crippen MR) is 92.4 cm³/mol. The standard InChI is InChI=1S/C17H19ClN4O/c1-11-10-15(21-17(19-11)22-8-3-4-9-22)16(23)20-14-7-5-6-13(18)12(14)2/h5-7,10H,3-4,8-9H2,1-2H3,(H,20,23). The molecule has 1 fully saturated rings. The van der Waals surface area contributed by atoms with Crippen LogP contribution < -0.4 is 10.2 Å². The molecule has 1 aliphatic heterocycles. The zero-order chi connectivity index (χ0) is 16.4. The molecule has 0 aliphatic carbocycles. The fourth-order valence-electron chi connectivity index (χ4n) is 2.66. The van der Waals surface area contributed by atoms with E-state index in [0.717, 1.165) is 37.2 Å². The van der Waals surface area contributed by atoms with Crippen LogP contribution in [0.2, 0.25) is 5.02 Å². The lowest BCUT2D eigenvalue weighted by molar-refractivity contribution is 0.102. The van der Waals surface area contributed by atoms with Crippen LogP contribution in [0.15, 0.2) is 24.3 Å². The number of hydrogen-bond acceptors (Lipinski definition) is 4. The first-order chi connectivity index (χ1) is 11.0. The van der Waals surface area contributed by atoms with E-state index in [1.165, 1.54) is 0 Å². The Hall–Kier alpha value is -2.14. The van der Waals surface area contributed by atoms with Crippen LogP contribution >= 0.6 is 11.6 Å². The summed E-state index contributed by atoms with van der Waals surface area (Å²) in [5.74, 6) is 0.386. The van der Waals surface area contributed by atoms with Crippen LogP contribution in [0.5, 0.6) is 0 Å². The molecule has 1 aliphatic rings. The Balaban J connectivity index is 1.85. The van der Waals surface area contributed by atoms with E-state index in [1.54, 1.807) is 12.1 Å². The maximum Gasteiger partial charge on any atom is 0.274 e. The number of aryl methyl sites for hydroxylation is 1. The number of halogens is 1. The highest BCUT2D eigenvalue weighted by Gasteiger charge is 2.18. The van der Waals surface area contributed by atoms with Gasteiger partial charge in [-0.05, 0) is 50.5 Å². The maximum absolute atomic E-state index is 12.5. The summed E-state index contributed by atoms with van der Waals surface area (Å²) in [5, 5.41) is 3.50. The van der Waals surface area contributed by atoms with E-state index in [4.69, 9.17) is 11.6 Å². The van der Waals surface area contributed by atoms with Gasteiger partial charge in [-0.2, -0.15) is 0 Å². The van der Waals surface area contributed by atoms with E-state index in [1.807, 2.05) is 26.0 Å². The Bertz CT molecular complexity index is 741. The zero-order valence-electron chi connectivity index (χ0n) is 13.3. The number of amides is 1. The van der Waals surface area contributed by atoms with Crippen molar-refractivity contribution in [2.45, 2.75) is 26.7 Å². The van der Waals surface area contributed by atoms with Crippen LogP contribution in [0.25, 0.3) is 0 Å². The van der Waals surface area contributed by atoms with Crippen LogP contribution in [-0.4, -0.2) is 29.0 Å². The second-order valence-electron chi connectivity index (χ2n) is 5.76. The van der Waals surface area contributed by atoms with Gasteiger partial charge in [0, 0.05) is 29.5 Å². The number of nitrogens with zero attached hydrogens (tertiary/aromatic N) is 3. The molecule has 0 spiro atoms. The van der Waals surface area contributed by atoms with E-state index >= 15 is 0 Å². The summed E-state index contributed by atoms with van der Waals surface area (Å²) < 4.78 is 0. The van der Waals surface area contributed by atoms with E-state index in [9.17, 15) is 4.79 Å². The van der Waals surface area contributed by atoms with Crippen molar-refractivity contribution in [3.63, 3.8) is 0 Å². The van der Waals surface area contributed by atoms with Gasteiger partial charge in [-0.1, -0.05) is 17.7 Å². The fourth-order valence-corrected chi connectivity index (χ4v) is 2.83. The molecule has 120 valence electrons. The molecule has 2 aromatic rings. The first-order valence-corrected chi connectivity index (χ1v) is 8.09. The lowest BCUT2D eigenvalue weighted by atomic mass is 10.2. The van der Waals surface area contributed by atoms with Gasteiger partial charge in [-0.15, -0.1) is 0 Å². The van der Waals surface area contributed by atoms with Crippen molar-refractivity contribution in [3.05, 3.63) is 46.2 Å². The Morgan fingerprint density at radius 3 is 2.70 bits per heavy atom. The molecule has 0 radical (unpaired) electrons. The van der Waals surface area contributed by atoms with Crippen molar-refractivity contribution in [2.24, 2.45) is 0 Å². The Morgan fingerprint density at radius 1 is 1.22 bits per heavy atom. The van der Waals surface area contributed by atoms with Crippen molar-refractivity contribution < 1.29 is 4.79 Å². The molecule has 6 heteroatoms. The average Bonchev–Trinajstić information content (AvgIpc) is 3.05. The van der Waals surface area contributed by atoms with Crippen molar-refractivity contribution >= 4 is 29.1 Å². The van der Waals surface area contributed by atoms with Crippen LogP contribution in [0, 0.1) is 13.8 Å². The molecule has 1 aromatic carbocycles.